The van der Waals surface area contributed by atoms with Crippen molar-refractivity contribution >= 4 is 35.0 Å². The number of anilines is 1. The van der Waals surface area contributed by atoms with Gasteiger partial charge in [0.15, 0.2) is 5.82 Å². The first-order valence-electron chi connectivity index (χ1n) is 9.70. The Bertz CT molecular complexity index is 1150. The zero-order chi connectivity index (χ0) is 24.3. The van der Waals surface area contributed by atoms with E-state index in [0.29, 0.717) is 11.6 Å². The van der Waals surface area contributed by atoms with Gasteiger partial charge in [-0.25, -0.2) is 4.68 Å². The lowest BCUT2D eigenvalue weighted by atomic mass is 10.1. The van der Waals surface area contributed by atoms with E-state index in [2.05, 4.69) is 15.5 Å². The average molecular weight is 500 g/mol. The summed E-state index contributed by atoms with van der Waals surface area (Å²) in [5, 5.41) is 9.55. The molecule has 1 unspecified atom stereocenters. The van der Waals surface area contributed by atoms with Crippen molar-refractivity contribution in [2.24, 2.45) is 0 Å². The van der Waals surface area contributed by atoms with Gasteiger partial charge in [0.05, 0.1) is 16.5 Å². The summed E-state index contributed by atoms with van der Waals surface area (Å²) < 4.78 is 46.8. The topological polar surface area (TPSA) is 95.1 Å². The lowest BCUT2D eigenvalue weighted by Crippen LogP contribution is -2.25. The highest BCUT2D eigenvalue weighted by Gasteiger charge is 2.34. The third-order valence-electron chi connectivity index (χ3n) is 4.69. The van der Waals surface area contributed by atoms with Crippen molar-refractivity contribution in [2.45, 2.75) is 44.0 Å². The Morgan fingerprint density at radius 3 is 2.55 bits per heavy atom. The molecule has 0 spiro atoms. The fourth-order valence-electron chi connectivity index (χ4n) is 2.96. The van der Waals surface area contributed by atoms with Crippen molar-refractivity contribution in [3.63, 3.8) is 0 Å². The molecule has 1 aromatic heterocycles. The number of aryl methyl sites for hydroxylation is 2. The Balaban J connectivity index is 1.67. The number of hydrogen-bond donors (Lipinski definition) is 2. The minimum atomic E-state index is -4.67. The van der Waals surface area contributed by atoms with Crippen molar-refractivity contribution in [1.29, 1.82) is 0 Å². The van der Waals surface area contributed by atoms with E-state index >= 15 is 0 Å². The zero-order valence-corrected chi connectivity index (χ0v) is 19.5. The van der Waals surface area contributed by atoms with Crippen LogP contribution in [0.25, 0.3) is 0 Å². The number of aromatic nitrogens is 3. The SMILES string of the molecule is Cc1cccc(C)c1OCc1nnc(SC(C)C(=O)Nc2ccc(Cl)cc2C(F)(F)F)n1N. The molecule has 0 fully saturated rings. The van der Waals surface area contributed by atoms with Gasteiger partial charge in [0.1, 0.15) is 12.4 Å². The minimum absolute atomic E-state index is 0.0516. The normalized spacial score (nSPS) is 12.5. The number of nitrogens with two attached hydrogens (primary N) is 1. The molecule has 7 nitrogen and oxygen atoms in total. The molecule has 3 aromatic rings. The zero-order valence-electron chi connectivity index (χ0n) is 17.9. The Morgan fingerprint density at radius 2 is 1.91 bits per heavy atom. The van der Waals surface area contributed by atoms with Crippen LogP contribution in [-0.2, 0) is 17.6 Å². The van der Waals surface area contributed by atoms with Crippen LogP contribution in [0.2, 0.25) is 5.02 Å². The summed E-state index contributed by atoms with van der Waals surface area (Å²) in [6, 6.07) is 8.89. The van der Waals surface area contributed by atoms with Gasteiger partial charge in [0, 0.05) is 5.02 Å². The molecule has 0 aliphatic heterocycles. The predicted octanol–water partition coefficient (Wildman–Crippen LogP) is 4.98. The number of thioether (sulfide) groups is 1. The number of alkyl halides is 3. The maximum atomic E-state index is 13.3. The number of para-hydroxylation sites is 1. The van der Waals surface area contributed by atoms with Crippen LogP contribution < -0.4 is 15.9 Å². The molecule has 0 saturated carbocycles. The third-order valence-corrected chi connectivity index (χ3v) is 5.98. The fraction of sp³-hybridized carbons (Fsp3) is 0.286. The maximum Gasteiger partial charge on any atom is 0.418 e. The lowest BCUT2D eigenvalue weighted by Gasteiger charge is -2.16. The Hall–Kier alpha value is -2.92. The Kier molecular flexibility index (Phi) is 7.43. The number of carbonyl (C=O) groups is 1. The lowest BCUT2D eigenvalue weighted by molar-refractivity contribution is -0.137. The van der Waals surface area contributed by atoms with Crippen LogP contribution in [0.3, 0.4) is 0 Å². The monoisotopic (exact) mass is 499 g/mol. The predicted molar refractivity (Wildman–Crippen MR) is 121 cm³/mol. The van der Waals surface area contributed by atoms with E-state index in [1.165, 1.54) is 17.7 Å². The highest BCUT2D eigenvalue weighted by molar-refractivity contribution is 8.00. The van der Waals surface area contributed by atoms with Crippen LogP contribution in [0.1, 0.15) is 29.4 Å². The van der Waals surface area contributed by atoms with Gasteiger partial charge < -0.3 is 15.9 Å². The number of rotatable bonds is 7. The molecular weight excluding hydrogens is 479 g/mol. The number of nitrogen functional groups attached to an aromatic ring is 1. The van der Waals surface area contributed by atoms with Crippen molar-refractivity contribution in [1.82, 2.24) is 14.9 Å². The number of nitrogens with one attached hydrogen (secondary N) is 1. The highest BCUT2D eigenvalue weighted by Crippen LogP contribution is 2.37. The Labute approximate surface area is 197 Å². The average Bonchev–Trinajstić information content (AvgIpc) is 3.07. The molecule has 1 heterocycles. The quantitative estimate of drug-likeness (QED) is 0.352. The third kappa shape index (κ3) is 5.91. The molecule has 0 radical (unpaired) electrons. The van der Waals surface area contributed by atoms with Gasteiger partial charge in [-0.3, -0.25) is 4.79 Å². The molecule has 176 valence electrons. The maximum absolute atomic E-state index is 13.3. The molecule has 3 rings (SSSR count). The number of hydrogen-bond acceptors (Lipinski definition) is 6. The Morgan fingerprint density at radius 1 is 1.24 bits per heavy atom. The molecule has 1 atom stereocenters. The van der Waals surface area contributed by atoms with Gasteiger partial charge in [0.2, 0.25) is 11.1 Å². The summed E-state index contributed by atoms with van der Waals surface area (Å²) >= 11 is 6.62. The van der Waals surface area contributed by atoms with Gasteiger partial charge in [-0.05, 0) is 50.1 Å². The summed E-state index contributed by atoms with van der Waals surface area (Å²) in [6.07, 6.45) is -4.67. The summed E-state index contributed by atoms with van der Waals surface area (Å²) in [4.78, 5) is 12.5. The van der Waals surface area contributed by atoms with E-state index in [4.69, 9.17) is 22.2 Å². The largest absolute Gasteiger partial charge is 0.485 e. The molecule has 0 saturated heterocycles. The second-order valence-corrected chi connectivity index (χ2v) is 8.96. The van der Waals surface area contributed by atoms with Crippen LogP contribution in [0.5, 0.6) is 5.75 Å². The van der Waals surface area contributed by atoms with E-state index in [9.17, 15) is 18.0 Å². The smallest absolute Gasteiger partial charge is 0.418 e. The molecule has 3 N–H and O–H groups in total. The first-order valence-corrected chi connectivity index (χ1v) is 11.0. The summed E-state index contributed by atoms with van der Waals surface area (Å²) in [7, 11) is 0. The van der Waals surface area contributed by atoms with Gasteiger partial charge in [-0.15, -0.1) is 10.2 Å². The van der Waals surface area contributed by atoms with Crippen LogP contribution in [0, 0.1) is 13.8 Å². The highest BCUT2D eigenvalue weighted by atomic mass is 35.5. The van der Waals surface area contributed by atoms with Crippen molar-refractivity contribution < 1.29 is 22.7 Å². The van der Waals surface area contributed by atoms with E-state index < -0.39 is 22.9 Å². The summed E-state index contributed by atoms with van der Waals surface area (Å²) in [5.41, 5.74) is 0.492. The molecule has 0 aliphatic rings. The molecule has 0 bridgehead atoms. The van der Waals surface area contributed by atoms with Gasteiger partial charge >= 0.3 is 6.18 Å². The van der Waals surface area contributed by atoms with Crippen LogP contribution in [0.4, 0.5) is 18.9 Å². The molecular formula is C21H21ClF3N5O2S. The van der Waals surface area contributed by atoms with Crippen molar-refractivity contribution in [3.8, 4) is 5.75 Å². The number of halogens is 4. The van der Waals surface area contributed by atoms with E-state index in [0.717, 1.165) is 35.0 Å². The number of ether oxygens (including phenoxy) is 1. The number of benzene rings is 2. The summed E-state index contributed by atoms with van der Waals surface area (Å²) in [5.74, 6) is 6.41. The first-order chi connectivity index (χ1) is 15.5. The van der Waals surface area contributed by atoms with E-state index in [-0.39, 0.29) is 22.5 Å². The van der Waals surface area contributed by atoms with E-state index in [1.807, 2.05) is 32.0 Å². The van der Waals surface area contributed by atoms with E-state index in [1.54, 1.807) is 0 Å². The molecule has 0 aliphatic carbocycles. The summed E-state index contributed by atoms with van der Waals surface area (Å²) in [6.45, 7) is 5.41. The second kappa shape index (κ2) is 9.92. The fourth-order valence-corrected chi connectivity index (χ4v) is 3.92. The van der Waals surface area contributed by atoms with Gasteiger partial charge in [-0.2, -0.15) is 13.2 Å². The van der Waals surface area contributed by atoms with Crippen molar-refractivity contribution in [3.05, 3.63) is 63.9 Å². The molecule has 1 amide bonds. The second-order valence-electron chi connectivity index (χ2n) is 7.22. The molecule has 12 heteroatoms. The van der Waals surface area contributed by atoms with Crippen molar-refractivity contribution in [2.75, 3.05) is 11.2 Å². The molecule has 2 aromatic carbocycles. The standard InChI is InChI=1S/C21H21ClF3N5O2S/c1-11-5-4-6-12(2)18(11)32-10-17-28-29-20(30(17)26)33-13(3)19(31)27-16-8-7-14(22)9-15(16)21(23,24)25/h4-9,13H,10,26H2,1-3H3,(H,27,31). The van der Waals surface area contributed by atoms with Crippen LogP contribution >= 0.6 is 23.4 Å². The van der Waals surface area contributed by atoms with Gasteiger partial charge in [0.25, 0.3) is 0 Å². The van der Waals surface area contributed by atoms with Gasteiger partial charge in [-0.1, -0.05) is 41.6 Å². The molecule has 33 heavy (non-hydrogen) atoms. The number of amides is 1. The number of carbonyl (C=O) groups excluding carboxylic acids is 1. The van der Waals surface area contributed by atoms with Crippen LogP contribution in [-0.4, -0.2) is 26.0 Å². The first kappa shape index (κ1) is 24.7. The minimum Gasteiger partial charge on any atom is -0.485 e. The number of nitrogens with zero attached hydrogens (tertiary/aromatic N) is 3. The van der Waals surface area contributed by atoms with Crippen LogP contribution in [0.15, 0.2) is 41.6 Å².